The first-order valence-corrected chi connectivity index (χ1v) is 13.2. The molecule has 1 radical (unpaired) electrons. The second-order valence-corrected chi connectivity index (χ2v) is 11.7. The molecule has 1 aromatic carbocycles. The minimum atomic E-state index is -4.82. The zero-order valence-corrected chi connectivity index (χ0v) is 20.2. The smallest absolute Gasteiger partial charge is 0.357 e. The van der Waals surface area contributed by atoms with Crippen molar-refractivity contribution < 1.29 is 22.4 Å². The quantitative estimate of drug-likeness (QED) is 0.494. The fourth-order valence-electron chi connectivity index (χ4n) is 4.83. The van der Waals surface area contributed by atoms with Gasteiger partial charge in [0.05, 0.1) is 29.0 Å². The Hall–Kier alpha value is -3.21. The fourth-order valence-corrected chi connectivity index (χ4v) is 7.90. The number of aryl methyl sites for hydroxylation is 1. The van der Waals surface area contributed by atoms with E-state index in [0.29, 0.717) is 17.5 Å². The lowest BCUT2D eigenvalue weighted by Crippen LogP contribution is -2.45. The number of carbonyl (C=O) groups excluding carboxylic acids is 1. The van der Waals surface area contributed by atoms with Crippen LogP contribution in [0, 0.1) is 5.82 Å². The van der Waals surface area contributed by atoms with E-state index in [1.807, 2.05) is 19.4 Å². The van der Waals surface area contributed by atoms with Crippen molar-refractivity contribution in [1.29, 1.82) is 0 Å². The molecule has 11 heteroatoms. The molecule has 3 aliphatic rings. The molecule has 2 atom stereocenters. The molecular weight excluding hydrogens is 478 g/mol. The van der Waals surface area contributed by atoms with E-state index in [2.05, 4.69) is 15.0 Å². The zero-order valence-electron chi connectivity index (χ0n) is 19.2. The van der Waals surface area contributed by atoms with Crippen LogP contribution in [0.5, 0.6) is 0 Å². The molecule has 0 saturated carbocycles. The number of carbonyl (C=O) groups is 1. The third kappa shape index (κ3) is 4.33. The summed E-state index contributed by atoms with van der Waals surface area (Å²) in [6, 6.07) is 3.17. The Kier molecular flexibility index (Phi) is 5.90. The number of aliphatic imine (C=N–C) groups is 1. The number of nitrogens with one attached hydrogen (secondary N) is 1. The van der Waals surface area contributed by atoms with E-state index in [0.717, 1.165) is 42.5 Å². The molecule has 35 heavy (non-hydrogen) atoms. The lowest BCUT2D eigenvalue weighted by atomic mass is 10.0. The van der Waals surface area contributed by atoms with Crippen molar-refractivity contribution in [2.75, 3.05) is 0 Å². The van der Waals surface area contributed by atoms with Gasteiger partial charge in [-0.1, -0.05) is 25.0 Å². The lowest BCUT2D eigenvalue weighted by Gasteiger charge is -2.31. The standard InChI is InChI=1S/C24H24F4N5OSi/c1-14(17-6-5-7-19(21(17)25)24(26,27)28)30-23(34)18-10-15(16-11-29-32(2)12-16)13-33-22(18)31-20-8-3-4-9-35(20)33/h5-7,10-14,20H,3-4,8-9H2,1-2H3,(H,30,34)/t14-,20+/m1/s1. The third-order valence-corrected chi connectivity index (χ3v) is 9.61. The van der Waals surface area contributed by atoms with Crippen LogP contribution in [0.3, 0.4) is 0 Å². The Morgan fingerprint density at radius 3 is 2.80 bits per heavy atom. The largest absolute Gasteiger partial charge is 0.419 e. The highest BCUT2D eigenvalue weighted by Crippen LogP contribution is 2.36. The van der Waals surface area contributed by atoms with Gasteiger partial charge in [0.15, 0.2) is 0 Å². The molecule has 1 saturated heterocycles. The number of allylic oxidation sites excluding steroid dienone is 2. The molecule has 4 heterocycles. The van der Waals surface area contributed by atoms with Gasteiger partial charge >= 0.3 is 6.18 Å². The maximum atomic E-state index is 14.7. The summed E-state index contributed by atoms with van der Waals surface area (Å²) in [6.07, 6.45) is 5.71. The number of benzene rings is 1. The van der Waals surface area contributed by atoms with Gasteiger partial charge in [0.25, 0.3) is 5.91 Å². The molecule has 0 unspecified atom stereocenters. The summed E-state index contributed by atoms with van der Waals surface area (Å²) in [5.74, 6) is -1.29. The van der Waals surface area contributed by atoms with Crippen molar-refractivity contribution in [3.05, 3.63) is 70.9 Å². The van der Waals surface area contributed by atoms with E-state index in [1.54, 1.807) is 17.0 Å². The Labute approximate surface area is 201 Å². The van der Waals surface area contributed by atoms with Crippen LogP contribution in [0.4, 0.5) is 17.6 Å². The van der Waals surface area contributed by atoms with Crippen LogP contribution in [0.25, 0.3) is 5.57 Å². The molecule has 0 aliphatic carbocycles. The van der Waals surface area contributed by atoms with Crippen LogP contribution in [-0.4, -0.2) is 40.7 Å². The van der Waals surface area contributed by atoms with Gasteiger partial charge < -0.3 is 9.88 Å². The second-order valence-electron chi connectivity index (χ2n) is 9.02. The monoisotopic (exact) mass is 502 g/mol. The third-order valence-electron chi connectivity index (χ3n) is 6.60. The number of amidine groups is 1. The highest BCUT2D eigenvalue weighted by atomic mass is 28.3. The predicted octanol–water partition coefficient (Wildman–Crippen LogP) is 4.53. The minimum absolute atomic E-state index is 0.183. The molecule has 5 rings (SSSR count). The van der Waals surface area contributed by atoms with Gasteiger partial charge in [-0.15, -0.1) is 0 Å². The van der Waals surface area contributed by atoms with Gasteiger partial charge in [-0.05, 0) is 31.5 Å². The molecular formula is C24H24F4N5OSi. The van der Waals surface area contributed by atoms with Crippen molar-refractivity contribution in [2.24, 2.45) is 12.0 Å². The van der Waals surface area contributed by atoms with Crippen molar-refractivity contribution >= 4 is 26.3 Å². The summed E-state index contributed by atoms with van der Waals surface area (Å²) in [4.78, 5) is 18.3. The maximum absolute atomic E-state index is 14.7. The van der Waals surface area contributed by atoms with Gasteiger partial charge in [-0.25, -0.2) is 4.39 Å². The molecule has 0 spiro atoms. The van der Waals surface area contributed by atoms with Crippen LogP contribution < -0.4 is 5.32 Å². The number of aromatic nitrogens is 2. The van der Waals surface area contributed by atoms with Crippen LogP contribution >= 0.6 is 0 Å². The summed E-state index contributed by atoms with van der Waals surface area (Å²) in [7, 11) is 0.769. The van der Waals surface area contributed by atoms with Gasteiger partial charge in [-0.2, -0.15) is 18.3 Å². The molecule has 1 amide bonds. The Morgan fingerprint density at radius 1 is 1.29 bits per heavy atom. The number of hydrogen-bond donors (Lipinski definition) is 1. The summed E-state index contributed by atoms with van der Waals surface area (Å²) in [5.41, 5.74) is 0.591. The number of nitrogens with zero attached hydrogens (tertiary/aromatic N) is 4. The number of alkyl halides is 3. The molecule has 1 aromatic heterocycles. The van der Waals surface area contributed by atoms with Gasteiger partial charge in [0.1, 0.15) is 11.7 Å². The van der Waals surface area contributed by atoms with E-state index in [4.69, 9.17) is 4.99 Å². The van der Waals surface area contributed by atoms with Crippen LogP contribution in [0.15, 0.2) is 53.4 Å². The van der Waals surface area contributed by atoms with E-state index in [-0.39, 0.29) is 11.2 Å². The van der Waals surface area contributed by atoms with Crippen molar-refractivity contribution in [2.45, 2.75) is 50.1 Å². The average molecular weight is 503 g/mol. The SMILES string of the molecule is C[C@@H](NC(=O)C1=CC(c2cnn(C)c2)=CN2C1=N[C@@H]1CCCC[Si]12)c1cccc(C(F)(F)F)c1F. The predicted molar refractivity (Wildman–Crippen MR) is 125 cm³/mol. The van der Waals surface area contributed by atoms with Gasteiger partial charge in [0.2, 0.25) is 8.96 Å². The summed E-state index contributed by atoms with van der Waals surface area (Å²) < 4.78 is 58.0. The van der Waals surface area contributed by atoms with E-state index >= 15 is 0 Å². The lowest BCUT2D eigenvalue weighted by molar-refractivity contribution is -0.140. The maximum Gasteiger partial charge on any atom is 0.419 e. The van der Waals surface area contributed by atoms with E-state index in [9.17, 15) is 22.4 Å². The van der Waals surface area contributed by atoms with E-state index < -0.39 is 38.5 Å². The van der Waals surface area contributed by atoms with Crippen LogP contribution in [0.1, 0.15) is 48.9 Å². The first kappa shape index (κ1) is 23.5. The summed E-state index contributed by atoms with van der Waals surface area (Å²) in [5, 5.41) is 6.92. The fraction of sp³-hybridized carbons (Fsp3) is 0.375. The van der Waals surface area contributed by atoms with Gasteiger partial charge in [0, 0.05) is 36.1 Å². The second kappa shape index (κ2) is 8.78. The number of amides is 1. The normalized spacial score (nSPS) is 21.0. The molecule has 3 aliphatic heterocycles. The molecule has 183 valence electrons. The first-order valence-electron chi connectivity index (χ1n) is 11.5. The van der Waals surface area contributed by atoms with Crippen molar-refractivity contribution in [3.8, 4) is 0 Å². The highest BCUT2D eigenvalue weighted by molar-refractivity contribution is 6.64. The number of rotatable bonds is 4. The van der Waals surface area contributed by atoms with Crippen molar-refractivity contribution in [3.63, 3.8) is 0 Å². The zero-order chi connectivity index (χ0) is 24.9. The van der Waals surface area contributed by atoms with Crippen molar-refractivity contribution in [1.82, 2.24) is 19.7 Å². The summed E-state index contributed by atoms with van der Waals surface area (Å²) >= 11 is 0. The first-order chi connectivity index (χ1) is 16.6. The van der Waals surface area contributed by atoms with Crippen LogP contribution in [0.2, 0.25) is 6.04 Å². The Bertz CT molecular complexity index is 1260. The Balaban J connectivity index is 1.47. The molecule has 2 aromatic rings. The number of hydrogen-bond acceptors (Lipinski definition) is 4. The van der Waals surface area contributed by atoms with Crippen LogP contribution in [-0.2, 0) is 18.0 Å². The molecule has 1 N–H and O–H groups in total. The average Bonchev–Trinajstić information content (AvgIpc) is 3.41. The minimum Gasteiger partial charge on any atom is -0.357 e. The highest BCUT2D eigenvalue weighted by Gasteiger charge is 2.43. The molecule has 6 nitrogen and oxygen atoms in total. The molecule has 0 bridgehead atoms. The molecule has 1 fully saturated rings. The summed E-state index contributed by atoms with van der Waals surface area (Å²) in [6.45, 7) is 1.47. The topological polar surface area (TPSA) is 62.5 Å². The Morgan fingerprint density at radius 2 is 2.09 bits per heavy atom. The number of halogens is 4. The van der Waals surface area contributed by atoms with Gasteiger partial charge in [-0.3, -0.25) is 14.5 Å². The van der Waals surface area contributed by atoms with E-state index in [1.165, 1.54) is 13.0 Å². The number of fused-ring (bicyclic) bond motifs is 3.